The molecule has 0 spiro atoms. The van der Waals surface area contributed by atoms with Crippen LogP contribution in [-0.4, -0.2) is 33.0 Å². The third kappa shape index (κ3) is 7.10. The second-order valence-corrected chi connectivity index (χ2v) is 4.30. The number of hydrogen-bond acceptors (Lipinski definition) is 4. The first-order valence-corrected chi connectivity index (χ1v) is 5.06. The highest BCUT2D eigenvalue weighted by Gasteiger charge is 2.19. The summed E-state index contributed by atoms with van der Waals surface area (Å²) in [4.78, 5) is 20.1. The molecule has 0 bridgehead atoms. The first kappa shape index (κ1) is 15.8. The molecule has 0 fully saturated rings. The van der Waals surface area contributed by atoms with Crippen molar-refractivity contribution in [3.05, 3.63) is 29.8 Å². The summed E-state index contributed by atoms with van der Waals surface area (Å²) in [5, 5.41) is 23.3. The van der Waals surface area contributed by atoms with Gasteiger partial charge in [0.15, 0.2) is 0 Å². The van der Waals surface area contributed by atoms with E-state index in [1.54, 1.807) is 32.9 Å². The van der Waals surface area contributed by atoms with E-state index < -0.39 is 17.7 Å². The Kier molecular flexibility index (Phi) is 5.68. The van der Waals surface area contributed by atoms with Crippen molar-refractivity contribution in [2.45, 2.75) is 26.4 Å². The zero-order valence-corrected chi connectivity index (χ0v) is 10.4. The summed E-state index contributed by atoms with van der Waals surface area (Å²) in [6.45, 7) is 5.35. The molecule has 1 aromatic rings. The molecule has 0 unspecified atom stereocenters. The standard InChI is InChI=1S/C11H14O3.CH2O3/c1-11(2,3)14-10(13)8-6-4-5-7-9(8)12;2-1(3)4/h4-7,12H,1-3H3;(H2,2,3,4). The van der Waals surface area contributed by atoms with Gasteiger partial charge >= 0.3 is 12.1 Å². The van der Waals surface area contributed by atoms with Crippen LogP contribution in [0.4, 0.5) is 4.79 Å². The highest BCUT2D eigenvalue weighted by Crippen LogP contribution is 2.19. The third-order valence-corrected chi connectivity index (χ3v) is 1.52. The highest BCUT2D eigenvalue weighted by atomic mass is 16.6. The van der Waals surface area contributed by atoms with E-state index in [1.807, 2.05) is 0 Å². The summed E-state index contributed by atoms with van der Waals surface area (Å²) in [7, 11) is 0. The Morgan fingerprint density at radius 2 is 1.56 bits per heavy atom. The third-order valence-electron chi connectivity index (χ3n) is 1.52. The second kappa shape index (κ2) is 6.48. The number of rotatable bonds is 1. The van der Waals surface area contributed by atoms with Gasteiger partial charge in [-0.1, -0.05) is 12.1 Å². The molecule has 0 amide bonds. The molecule has 0 heterocycles. The van der Waals surface area contributed by atoms with Gasteiger partial charge in [-0.15, -0.1) is 0 Å². The fraction of sp³-hybridized carbons (Fsp3) is 0.333. The average Bonchev–Trinajstić information content (AvgIpc) is 2.14. The van der Waals surface area contributed by atoms with Crippen molar-refractivity contribution >= 4 is 12.1 Å². The van der Waals surface area contributed by atoms with E-state index in [0.29, 0.717) is 0 Å². The van der Waals surface area contributed by atoms with Crippen LogP contribution in [0.25, 0.3) is 0 Å². The van der Waals surface area contributed by atoms with Gasteiger partial charge in [-0.25, -0.2) is 9.59 Å². The summed E-state index contributed by atoms with van der Waals surface area (Å²) in [5.74, 6) is -0.558. The maximum absolute atomic E-state index is 11.5. The number of phenols is 1. The molecule has 0 saturated carbocycles. The van der Waals surface area contributed by atoms with Crippen LogP contribution in [0.2, 0.25) is 0 Å². The van der Waals surface area contributed by atoms with Crippen molar-refractivity contribution in [3.63, 3.8) is 0 Å². The van der Waals surface area contributed by atoms with E-state index >= 15 is 0 Å². The number of para-hydroxylation sites is 1. The van der Waals surface area contributed by atoms with Crippen LogP contribution >= 0.6 is 0 Å². The first-order valence-electron chi connectivity index (χ1n) is 5.06. The molecule has 0 aliphatic rings. The zero-order chi connectivity index (χ0) is 14.3. The maximum Gasteiger partial charge on any atom is 0.503 e. The molecular weight excluding hydrogens is 240 g/mol. The van der Waals surface area contributed by atoms with E-state index in [0.717, 1.165) is 0 Å². The van der Waals surface area contributed by atoms with Crippen molar-refractivity contribution in [1.29, 1.82) is 0 Å². The summed E-state index contributed by atoms with van der Waals surface area (Å²) in [6, 6.07) is 6.32. The number of aromatic hydroxyl groups is 1. The van der Waals surface area contributed by atoms with Crippen LogP contribution < -0.4 is 0 Å². The van der Waals surface area contributed by atoms with Gasteiger partial charge in [0.25, 0.3) is 0 Å². The van der Waals surface area contributed by atoms with E-state index in [9.17, 15) is 9.90 Å². The Balaban J connectivity index is 0.000000631. The SMILES string of the molecule is CC(C)(C)OC(=O)c1ccccc1O.O=C(O)O. The zero-order valence-electron chi connectivity index (χ0n) is 10.4. The second-order valence-electron chi connectivity index (χ2n) is 4.30. The van der Waals surface area contributed by atoms with Crippen LogP contribution in [0, 0.1) is 0 Å². The van der Waals surface area contributed by atoms with Gasteiger partial charge < -0.3 is 20.1 Å². The van der Waals surface area contributed by atoms with Crippen molar-refractivity contribution < 1.29 is 29.6 Å². The van der Waals surface area contributed by atoms with Crippen LogP contribution in [-0.2, 0) is 4.74 Å². The smallest absolute Gasteiger partial charge is 0.503 e. The Labute approximate surface area is 104 Å². The fourth-order valence-corrected chi connectivity index (χ4v) is 0.979. The lowest BCUT2D eigenvalue weighted by Crippen LogP contribution is -2.23. The molecule has 6 nitrogen and oxygen atoms in total. The molecule has 0 radical (unpaired) electrons. The predicted octanol–water partition coefficient (Wildman–Crippen LogP) is 2.57. The van der Waals surface area contributed by atoms with Crippen LogP contribution in [0.5, 0.6) is 5.75 Å². The number of benzene rings is 1. The summed E-state index contributed by atoms with van der Waals surface area (Å²) in [6.07, 6.45) is -1.83. The van der Waals surface area contributed by atoms with E-state index in [1.165, 1.54) is 12.1 Å². The van der Waals surface area contributed by atoms with Gasteiger partial charge in [0, 0.05) is 0 Å². The van der Waals surface area contributed by atoms with Gasteiger partial charge in [0.05, 0.1) is 0 Å². The number of esters is 1. The fourth-order valence-electron chi connectivity index (χ4n) is 0.979. The van der Waals surface area contributed by atoms with Gasteiger partial charge in [-0.3, -0.25) is 0 Å². The Hall–Kier alpha value is -2.24. The van der Waals surface area contributed by atoms with Gasteiger partial charge in [-0.2, -0.15) is 0 Å². The topological polar surface area (TPSA) is 104 Å². The Bertz CT molecular complexity index is 415. The minimum Gasteiger partial charge on any atom is -0.507 e. The molecule has 1 rings (SSSR count). The minimum atomic E-state index is -1.83. The lowest BCUT2D eigenvalue weighted by Gasteiger charge is -2.19. The molecule has 0 aromatic heterocycles. The molecule has 100 valence electrons. The van der Waals surface area contributed by atoms with Crippen LogP contribution in [0.1, 0.15) is 31.1 Å². The van der Waals surface area contributed by atoms with Gasteiger partial charge in [0.2, 0.25) is 0 Å². The number of carboxylic acid groups (broad SMARTS) is 2. The number of carbonyl (C=O) groups is 2. The van der Waals surface area contributed by atoms with E-state index in [4.69, 9.17) is 19.7 Å². The molecule has 0 atom stereocenters. The van der Waals surface area contributed by atoms with Gasteiger partial charge in [-0.05, 0) is 32.9 Å². The average molecular weight is 256 g/mol. The molecule has 3 N–H and O–H groups in total. The molecule has 6 heteroatoms. The van der Waals surface area contributed by atoms with Crippen LogP contribution in [0.15, 0.2) is 24.3 Å². The van der Waals surface area contributed by atoms with E-state index in [-0.39, 0.29) is 11.3 Å². The predicted molar refractivity (Wildman–Crippen MR) is 63.9 cm³/mol. The number of carbonyl (C=O) groups excluding carboxylic acids is 1. The van der Waals surface area contributed by atoms with E-state index in [2.05, 4.69) is 0 Å². The number of hydrogen-bond donors (Lipinski definition) is 3. The molecule has 18 heavy (non-hydrogen) atoms. The normalized spacial score (nSPS) is 9.94. The minimum absolute atomic E-state index is 0.0539. The molecular formula is C12H16O6. The monoisotopic (exact) mass is 256 g/mol. The molecule has 1 aromatic carbocycles. The molecule has 0 aliphatic carbocycles. The largest absolute Gasteiger partial charge is 0.507 e. The van der Waals surface area contributed by atoms with Crippen molar-refractivity contribution in [3.8, 4) is 5.75 Å². The first-order chi connectivity index (χ1) is 8.13. The lowest BCUT2D eigenvalue weighted by molar-refractivity contribution is 0.00667. The lowest BCUT2D eigenvalue weighted by atomic mass is 10.1. The molecule has 0 aliphatic heterocycles. The molecule has 0 saturated heterocycles. The summed E-state index contributed by atoms with van der Waals surface area (Å²) < 4.78 is 5.11. The van der Waals surface area contributed by atoms with Crippen molar-refractivity contribution in [2.24, 2.45) is 0 Å². The number of phenolic OH excluding ortho intramolecular Hbond substituents is 1. The van der Waals surface area contributed by atoms with Crippen LogP contribution in [0.3, 0.4) is 0 Å². The summed E-state index contributed by atoms with van der Waals surface area (Å²) >= 11 is 0. The highest BCUT2D eigenvalue weighted by molar-refractivity contribution is 5.92. The van der Waals surface area contributed by atoms with Gasteiger partial charge in [0.1, 0.15) is 16.9 Å². The Morgan fingerprint density at radius 3 is 1.94 bits per heavy atom. The maximum atomic E-state index is 11.5. The Morgan fingerprint density at radius 1 is 1.11 bits per heavy atom. The number of ether oxygens (including phenoxy) is 1. The summed E-state index contributed by atoms with van der Waals surface area (Å²) in [5.41, 5.74) is -0.346. The van der Waals surface area contributed by atoms with Crippen molar-refractivity contribution in [2.75, 3.05) is 0 Å². The van der Waals surface area contributed by atoms with Crippen molar-refractivity contribution in [1.82, 2.24) is 0 Å². The quantitative estimate of drug-likeness (QED) is 0.667.